The smallest absolute Gasteiger partial charge is 0.238 e. The van der Waals surface area contributed by atoms with Gasteiger partial charge in [-0.15, -0.1) is 0 Å². The Morgan fingerprint density at radius 1 is 1.39 bits per heavy atom. The predicted molar refractivity (Wildman–Crippen MR) is 77.6 cm³/mol. The molecule has 18 heavy (non-hydrogen) atoms. The Labute approximate surface area is 116 Å². The van der Waals surface area contributed by atoms with Crippen molar-refractivity contribution >= 4 is 27.5 Å². The minimum Gasteiger partial charge on any atom is -0.324 e. The summed E-state index contributed by atoms with van der Waals surface area (Å²) >= 11 is 3.41. The summed E-state index contributed by atoms with van der Waals surface area (Å²) < 4.78 is 0.910. The summed E-state index contributed by atoms with van der Waals surface area (Å²) in [7, 11) is 0. The Bertz CT molecular complexity index is 422. The third kappa shape index (κ3) is 3.82. The van der Waals surface area contributed by atoms with Crippen LogP contribution in [0.15, 0.2) is 28.7 Å². The minimum absolute atomic E-state index is 0.0152. The molecule has 1 aliphatic carbocycles. The predicted octanol–water partition coefficient (Wildman–Crippen LogP) is 3.17. The Hall–Kier alpha value is -0.870. The van der Waals surface area contributed by atoms with E-state index in [0.717, 1.165) is 16.1 Å². The molecule has 0 aliphatic heterocycles. The molecule has 0 bridgehead atoms. The highest BCUT2D eigenvalue weighted by Crippen LogP contribution is 2.24. The van der Waals surface area contributed by atoms with Gasteiger partial charge in [-0.1, -0.05) is 19.1 Å². The van der Waals surface area contributed by atoms with Crippen LogP contribution in [0.1, 0.15) is 26.2 Å². The Morgan fingerprint density at radius 2 is 2.17 bits per heavy atom. The minimum atomic E-state index is 0.0152. The number of amides is 1. The van der Waals surface area contributed by atoms with E-state index >= 15 is 0 Å². The number of anilines is 1. The molecule has 1 amide bonds. The van der Waals surface area contributed by atoms with Crippen LogP contribution in [0.2, 0.25) is 0 Å². The highest BCUT2D eigenvalue weighted by atomic mass is 79.9. The standard InChI is InChI=1S/C14H19BrN2O/c1-10-6-7-11(8-10)16-9-14(18)17-13-5-3-2-4-12(13)15/h2-5,10-11,16H,6-9H2,1H3,(H,17,18). The molecule has 3 nitrogen and oxygen atoms in total. The van der Waals surface area contributed by atoms with Crippen molar-refractivity contribution in [2.75, 3.05) is 11.9 Å². The van der Waals surface area contributed by atoms with Crippen molar-refractivity contribution in [2.24, 2.45) is 5.92 Å². The zero-order valence-corrected chi connectivity index (χ0v) is 12.2. The van der Waals surface area contributed by atoms with Crippen molar-refractivity contribution < 1.29 is 4.79 Å². The molecule has 1 aliphatic rings. The van der Waals surface area contributed by atoms with Crippen LogP contribution in [0.3, 0.4) is 0 Å². The van der Waals surface area contributed by atoms with Crippen molar-refractivity contribution in [3.63, 3.8) is 0 Å². The maximum atomic E-state index is 11.8. The topological polar surface area (TPSA) is 41.1 Å². The van der Waals surface area contributed by atoms with Gasteiger partial charge in [0, 0.05) is 10.5 Å². The number of carbonyl (C=O) groups is 1. The Balaban J connectivity index is 1.77. The summed E-state index contributed by atoms with van der Waals surface area (Å²) in [6, 6.07) is 8.15. The average Bonchev–Trinajstić information content (AvgIpc) is 2.76. The van der Waals surface area contributed by atoms with E-state index in [9.17, 15) is 4.79 Å². The molecule has 0 spiro atoms. The summed E-state index contributed by atoms with van der Waals surface area (Å²) in [5.41, 5.74) is 0.823. The number of para-hydroxylation sites is 1. The van der Waals surface area contributed by atoms with Crippen LogP contribution in [0.25, 0.3) is 0 Å². The van der Waals surface area contributed by atoms with E-state index in [2.05, 4.69) is 33.5 Å². The van der Waals surface area contributed by atoms with Gasteiger partial charge in [-0.25, -0.2) is 0 Å². The van der Waals surface area contributed by atoms with Gasteiger partial charge in [0.15, 0.2) is 0 Å². The molecule has 2 rings (SSSR count). The summed E-state index contributed by atoms with van der Waals surface area (Å²) in [5, 5.41) is 6.22. The number of benzene rings is 1. The van der Waals surface area contributed by atoms with Crippen molar-refractivity contribution in [1.29, 1.82) is 0 Å². The highest BCUT2D eigenvalue weighted by molar-refractivity contribution is 9.10. The lowest BCUT2D eigenvalue weighted by Crippen LogP contribution is -2.34. The fraction of sp³-hybridized carbons (Fsp3) is 0.500. The Morgan fingerprint density at radius 3 is 2.83 bits per heavy atom. The van der Waals surface area contributed by atoms with Crippen LogP contribution in [-0.2, 0) is 4.79 Å². The maximum Gasteiger partial charge on any atom is 0.238 e. The molecule has 2 atom stereocenters. The van der Waals surface area contributed by atoms with E-state index in [1.54, 1.807) is 0 Å². The molecule has 1 aromatic rings. The zero-order valence-electron chi connectivity index (χ0n) is 10.6. The number of rotatable bonds is 4. The zero-order chi connectivity index (χ0) is 13.0. The molecule has 0 radical (unpaired) electrons. The van der Waals surface area contributed by atoms with Crippen molar-refractivity contribution in [3.05, 3.63) is 28.7 Å². The third-order valence-corrected chi connectivity index (χ3v) is 4.09. The van der Waals surface area contributed by atoms with Crippen LogP contribution in [0, 0.1) is 5.92 Å². The van der Waals surface area contributed by atoms with Crippen molar-refractivity contribution in [1.82, 2.24) is 5.32 Å². The first-order valence-electron chi connectivity index (χ1n) is 6.43. The van der Waals surface area contributed by atoms with Gasteiger partial charge in [0.2, 0.25) is 5.91 Å². The van der Waals surface area contributed by atoms with Gasteiger partial charge in [-0.2, -0.15) is 0 Å². The summed E-state index contributed by atoms with van der Waals surface area (Å²) in [4.78, 5) is 11.8. The fourth-order valence-electron chi connectivity index (χ4n) is 2.39. The number of nitrogens with one attached hydrogen (secondary N) is 2. The van der Waals surface area contributed by atoms with Gasteiger partial charge in [0.1, 0.15) is 0 Å². The lowest BCUT2D eigenvalue weighted by Gasteiger charge is -2.12. The second-order valence-electron chi connectivity index (χ2n) is 5.02. The molecule has 0 heterocycles. The molecule has 0 aromatic heterocycles. The molecule has 1 aromatic carbocycles. The number of hydrogen-bond acceptors (Lipinski definition) is 2. The third-order valence-electron chi connectivity index (χ3n) is 3.39. The first-order chi connectivity index (χ1) is 8.65. The number of halogens is 1. The molecule has 1 fully saturated rings. The number of hydrogen-bond donors (Lipinski definition) is 2. The van der Waals surface area contributed by atoms with Gasteiger partial charge >= 0.3 is 0 Å². The van der Waals surface area contributed by atoms with Gasteiger partial charge < -0.3 is 10.6 Å². The van der Waals surface area contributed by atoms with Crippen LogP contribution < -0.4 is 10.6 Å². The quantitative estimate of drug-likeness (QED) is 0.897. The molecule has 98 valence electrons. The van der Waals surface area contributed by atoms with E-state index in [1.165, 1.54) is 19.3 Å². The fourth-order valence-corrected chi connectivity index (χ4v) is 2.77. The molecule has 1 saturated carbocycles. The van der Waals surface area contributed by atoms with E-state index < -0.39 is 0 Å². The normalized spacial score (nSPS) is 23.0. The number of carbonyl (C=O) groups excluding carboxylic acids is 1. The second-order valence-corrected chi connectivity index (χ2v) is 5.88. The van der Waals surface area contributed by atoms with Crippen LogP contribution in [-0.4, -0.2) is 18.5 Å². The van der Waals surface area contributed by atoms with Gasteiger partial charge in [0.05, 0.1) is 12.2 Å². The summed E-state index contributed by atoms with van der Waals surface area (Å²) in [5.74, 6) is 0.801. The first-order valence-corrected chi connectivity index (χ1v) is 7.22. The van der Waals surface area contributed by atoms with E-state index in [-0.39, 0.29) is 5.91 Å². The van der Waals surface area contributed by atoms with Gasteiger partial charge in [-0.05, 0) is 53.2 Å². The monoisotopic (exact) mass is 310 g/mol. The molecule has 2 unspecified atom stereocenters. The van der Waals surface area contributed by atoms with E-state index in [4.69, 9.17) is 0 Å². The van der Waals surface area contributed by atoms with Crippen molar-refractivity contribution in [3.8, 4) is 0 Å². The summed E-state index contributed by atoms with van der Waals surface area (Å²) in [6.45, 7) is 2.65. The average molecular weight is 311 g/mol. The molecule has 2 N–H and O–H groups in total. The van der Waals surface area contributed by atoms with Crippen LogP contribution in [0.4, 0.5) is 5.69 Å². The second kappa shape index (κ2) is 6.34. The van der Waals surface area contributed by atoms with Crippen LogP contribution >= 0.6 is 15.9 Å². The lowest BCUT2D eigenvalue weighted by molar-refractivity contribution is -0.115. The van der Waals surface area contributed by atoms with Gasteiger partial charge in [-0.3, -0.25) is 4.79 Å². The first kappa shape index (κ1) is 13.6. The molecule has 0 saturated heterocycles. The van der Waals surface area contributed by atoms with E-state index in [0.29, 0.717) is 12.6 Å². The lowest BCUT2D eigenvalue weighted by atomic mass is 10.1. The molecular weight excluding hydrogens is 292 g/mol. The molecule has 4 heteroatoms. The van der Waals surface area contributed by atoms with Crippen LogP contribution in [0.5, 0.6) is 0 Å². The SMILES string of the molecule is CC1CCC(NCC(=O)Nc2ccccc2Br)C1. The Kier molecular flexibility index (Phi) is 4.78. The van der Waals surface area contributed by atoms with Gasteiger partial charge in [0.25, 0.3) is 0 Å². The summed E-state index contributed by atoms with van der Waals surface area (Å²) in [6.07, 6.45) is 3.63. The maximum absolute atomic E-state index is 11.8. The largest absolute Gasteiger partial charge is 0.324 e. The van der Waals surface area contributed by atoms with E-state index in [1.807, 2.05) is 24.3 Å². The molecular formula is C14H19BrN2O. The van der Waals surface area contributed by atoms with Crippen molar-refractivity contribution in [2.45, 2.75) is 32.2 Å². The highest BCUT2D eigenvalue weighted by Gasteiger charge is 2.21.